The fraction of sp³-hybridized carbons (Fsp3) is 0.923. The highest BCUT2D eigenvalue weighted by atomic mass is 127. The second kappa shape index (κ2) is 9.97. The fourth-order valence-electron chi connectivity index (χ4n) is 1.84. The van der Waals surface area contributed by atoms with Crippen LogP contribution >= 0.6 is 24.0 Å². The molecule has 0 spiro atoms. The molecule has 1 aliphatic carbocycles. The molecule has 1 aliphatic rings. The SMILES string of the molecule is CCC(CC)CNC(=NC)NCCC1CC1.I. The van der Waals surface area contributed by atoms with E-state index in [1.165, 1.54) is 32.1 Å². The molecule has 0 aliphatic heterocycles. The number of halogens is 1. The topological polar surface area (TPSA) is 36.4 Å². The first-order valence-corrected chi connectivity index (χ1v) is 6.74. The molecule has 0 unspecified atom stereocenters. The molecule has 1 rings (SSSR count). The molecular weight excluding hydrogens is 325 g/mol. The van der Waals surface area contributed by atoms with Crippen molar-refractivity contribution in [3.63, 3.8) is 0 Å². The van der Waals surface area contributed by atoms with Gasteiger partial charge in [0.1, 0.15) is 0 Å². The van der Waals surface area contributed by atoms with Gasteiger partial charge in [0.15, 0.2) is 5.96 Å². The zero-order valence-electron chi connectivity index (χ0n) is 11.5. The lowest BCUT2D eigenvalue weighted by Gasteiger charge is -2.16. The van der Waals surface area contributed by atoms with E-state index in [0.29, 0.717) is 0 Å². The molecule has 0 heterocycles. The maximum Gasteiger partial charge on any atom is 0.190 e. The van der Waals surface area contributed by atoms with E-state index < -0.39 is 0 Å². The molecule has 4 heteroatoms. The summed E-state index contributed by atoms with van der Waals surface area (Å²) in [5, 5.41) is 6.79. The van der Waals surface area contributed by atoms with Crippen molar-refractivity contribution < 1.29 is 0 Å². The van der Waals surface area contributed by atoms with Crippen molar-refractivity contribution in [3.8, 4) is 0 Å². The Morgan fingerprint density at radius 2 is 1.88 bits per heavy atom. The molecular formula is C13H28IN3. The van der Waals surface area contributed by atoms with Crippen molar-refractivity contribution >= 4 is 29.9 Å². The minimum atomic E-state index is 0. The van der Waals surface area contributed by atoms with Gasteiger partial charge in [-0.05, 0) is 18.3 Å². The van der Waals surface area contributed by atoms with Crippen LogP contribution in [0.1, 0.15) is 46.0 Å². The van der Waals surface area contributed by atoms with Crippen LogP contribution < -0.4 is 10.6 Å². The Balaban J connectivity index is 0.00000256. The first-order chi connectivity index (χ1) is 7.80. The highest BCUT2D eigenvalue weighted by Gasteiger charge is 2.20. The number of nitrogens with one attached hydrogen (secondary N) is 2. The van der Waals surface area contributed by atoms with Gasteiger partial charge in [-0.15, -0.1) is 24.0 Å². The van der Waals surface area contributed by atoms with Crippen molar-refractivity contribution in [3.05, 3.63) is 0 Å². The second-order valence-corrected chi connectivity index (χ2v) is 4.79. The number of guanidine groups is 1. The Morgan fingerprint density at radius 1 is 1.24 bits per heavy atom. The highest BCUT2D eigenvalue weighted by molar-refractivity contribution is 14.0. The fourth-order valence-corrected chi connectivity index (χ4v) is 1.84. The minimum absolute atomic E-state index is 0. The van der Waals surface area contributed by atoms with Crippen molar-refractivity contribution in [2.75, 3.05) is 20.1 Å². The van der Waals surface area contributed by atoms with Crippen molar-refractivity contribution in [1.29, 1.82) is 0 Å². The van der Waals surface area contributed by atoms with Crippen molar-refractivity contribution in [2.24, 2.45) is 16.8 Å². The summed E-state index contributed by atoms with van der Waals surface area (Å²) in [6.07, 6.45) is 6.64. The molecule has 17 heavy (non-hydrogen) atoms. The molecule has 0 amide bonds. The summed E-state index contributed by atoms with van der Waals surface area (Å²) < 4.78 is 0. The van der Waals surface area contributed by atoms with Crippen LogP contribution in [0.3, 0.4) is 0 Å². The molecule has 0 aromatic heterocycles. The first-order valence-electron chi connectivity index (χ1n) is 6.74. The zero-order valence-corrected chi connectivity index (χ0v) is 13.8. The minimum Gasteiger partial charge on any atom is -0.356 e. The molecule has 102 valence electrons. The van der Waals surface area contributed by atoms with Crippen LogP contribution in [0.25, 0.3) is 0 Å². The van der Waals surface area contributed by atoms with Gasteiger partial charge < -0.3 is 10.6 Å². The summed E-state index contributed by atoms with van der Waals surface area (Å²) in [5.41, 5.74) is 0. The van der Waals surface area contributed by atoms with Crippen LogP contribution in [0.4, 0.5) is 0 Å². The molecule has 1 fully saturated rings. The molecule has 0 atom stereocenters. The van der Waals surface area contributed by atoms with E-state index in [4.69, 9.17) is 0 Å². The molecule has 0 saturated heterocycles. The summed E-state index contributed by atoms with van der Waals surface area (Å²) in [6, 6.07) is 0. The van der Waals surface area contributed by atoms with Crippen molar-refractivity contribution in [1.82, 2.24) is 10.6 Å². The summed E-state index contributed by atoms with van der Waals surface area (Å²) in [5.74, 6) is 2.72. The number of hydrogen-bond acceptors (Lipinski definition) is 1. The summed E-state index contributed by atoms with van der Waals surface area (Å²) in [6.45, 7) is 6.60. The predicted molar refractivity (Wildman–Crippen MR) is 86.2 cm³/mol. The molecule has 0 aromatic carbocycles. The van der Waals surface area contributed by atoms with E-state index in [-0.39, 0.29) is 24.0 Å². The van der Waals surface area contributed by atoms with Gasteiger partial charge in [0.2, 0.25) is 0 Å². The van der Waals surface area contributed by atoms with E-state index in [2.05, 4.69) is 29.5 Å². The smallest absolute Gasteiger partial charge is 0.190 e. The lowest BCUT2D eigenvalue weighted by molar-refractivity contribution is 0.481. The van der Waals surface area contributed by atoms with Gasteiger partial charge in [0, 0.05) is 20.1 Å². The third kappa shape index (κ3) is 7.84. The Morgan fingerprint density at radius 3 is 2.35 bits per heavy atom. The number of aliphatic imine (C=N–C) groups is 1. The summed E-state index contributed by atoms with van der Waals surface area (Å²) in [4.78, 5) is 4.24. The quantitative estimate of drug-likeness (QED) is 0.419. The van der Waals surface area contributed by atoms with E-state index in [1.807, 2.05) is 7.05 Å². The van der Waals surface area contributed by atoms with Gasteiger partial charge in [0.05, 0.1) is 0 Å². The largest absolute Gasteiger partial charge is 0.356 e. The maximum atomic E-state index is 4.24. The van der Waals surface area contributed by atoms with Crippen LogP contribution in [0.15, 0.2) is 4.99 Å². The number of hydrogen-bond donors (Lipinski definition) is 2. The third-order valence-electron chi connectivity index (χ3n) is 3.48. The first kappa shape index (κ1) is 17.0. The van der Waals surface area contributed by atoms with Gasteiger partial charge in [0.25, 0.3) is 0 Å². The molecule has 0 aromatic rings. The van der Waals surface area contributed by atoms with Gasteiger partial charge in [-0.3, -0.25) is 4.99 Å². The maximum absolute atomic E-state index is 4.24. The van der Waals surface area contributed by atoms with E-state index in [0.717, 1.165) is 30.9 Å². The molecule has 0 radical (unpaired) electrons. The van der Waals surface area contributed by atoms with E-state index in [9.17, 15) is 0 Å². The molecule has 3 nitrogen and oxygen atoms in total. The standard InChI is InChI=1S/C13H27N3.HI/c1-4-11(5-2)10-16-13(14-3)15-9-8-12-6-7-12;/h11-12H,4-10H2,1-3H3,(H2,14,15,16);1H. The van der Waals surface area contributed by atoms with Crippen LogP contribution in [0.2, 0.25) is 0 Å². The number of nitrogens with zero attached hydrogens (tertiary/aromatic N) is 1. The molecule has 1 saturated carbocycles. The van der Waals surface area contributed by atoms with Gasteiger partial charge in [-0.1, -0.05) is 39.5 Å². The number of rotatable bonds is 7. The predicted octanol–water partition coefficient (Wildman–Crippen LogP) is 3.01. The Labute approximate surface area is 123 Å². The third-order valence-corrected chi connectivity index (χ3v) is 3.48. The Bertz CT molecular complexity index is 211. The second-order valence-electron chi connectivity index (χ2n) is 4.79. The Hall–Kier alpha value is 0. The lowest BCUT2D eigenvalue weighted by atomic mass is 10.0. The van der Waals surface area contributed by atoms with Crippen LogP contribution in [-0.2, 0) is 0 Å². The monoisotopic (exact) mass is 353 g/mol. The van der Waals surface area contributed by atoms with Crippen LogP contribution in [0.5, 0.6) is 0 Å². The lowest BCUT2D eigenvalue weighted by Crippen LogP contribution is -2.40. The van der Waals surface area contributed by atoms with E-state index >= 15 is 0 Å². The van der Waals surface area contributed by atoms with Crippen LogP contribution in [0, 0.1) is 11.8 Å². The molecule has 0 bridgehead atoms. The highest BCUT2D eigenvalue weighted by Crippen LogP contribution is 2.31. The summed E-state index contributed by atoms with van der Waals surface area (Å²) in [7, 11) is 1.85. The summed E-state index contributed by atoms with van der Waals surface area (Å²) >= 11 is 0. The van der Waals surface area contributed by atoms with Crippen LogP contribution in [-0.4, -0.2) is 26.1 Å². The van der Waals surface area contributed by atoms with Gasteiger partial charge >= 0.3 is 0 Å². The van der Waals surface area contributed by atoms with Gasteiger partial charge in [-0.25, -0.2) is 0 Å². The average molecular weight is 353 g/mol. The Kier molecular flexibility index (Phi) is 9.97. The zero-order chi connectivity index (χ0) is 11.8. The normalized spacial score (nSPS) is 15.6. The van der Waals surface area contributed by atoms with Gasteiger partial charge in [-0.2, -0.15) is 0 Å². The van der Waals surface area contributed by atoms with Crippen molar-refractivity contribution in [2.45, 2.75) is 46.0 Å². The average Bonchev–Trinajstić information content (AvgIpc) is 3.12. The molecule has 2 N–H and O–H groups in total. The van der Waals surface area contributed by atoms with E-state index in [1.54, 1.807) is 0 Å².